The van der Waals surface area contributed by atoms with Crippen LogP contribution >= 0.6 is 0 Å². The highest BCUT2D eigenvalue weighted by molar-refractivity contribution is 5.89. The van der Waals surface area contributed by atoms with Crippen LogP contribution < -0.4 is 0 Å². The molecule has 0 spiro atoms. The third-order valence-electron chi connectivity index (χ3n) is 1.98. The molecule has 1 aromatic rings. The predicted octanol–water partition coefficient (Wildman–Crippen LogP) is 1.49. The van der Waals surface area contributed by atoms with E-state index < -0.39 is 11.9 Å². The maximum atomic E-state index is 11.2. The molecule has 0 saturated carbocycles. The van der Waals surface area contributed by atoms with Crippen molar-refractivity contribution in [3.8, 4) is 0 Å². The Morgan fingerprint density at radius 1 is 1.40 bits per heavy atom. The second kappa shape index (κ2) is 5.14. The Balaban J connectivity index is 2.74. The first-order chi connectivity index (χ1) is 7.13. The van der Waals surface area contributed by atoms with Crippen molar-refractivity contribution in [2.45, 2.75) is 12.8 Å². The maximum absolute atomic E-state index is 11.2. The van der Waals surface area contributed by atoms with E-state index in [4.69, 9.17) is 5.11 Å². The van der Waals surface area contributed by atoms with Crippen molar-refractivity contribution in [3.05, 3.63) is 35.4 Å². The summed E-state index contributed by atoms with van der Waals surface area (Å²) >= 11 is 0. The van der Waals surface area contributed by atoms with E-state index in [-0.39, 0.29) is 6.42 Å². The van der Waals surface area contributed by atoms with Crippen LogP contribution in [0.25, 0.3) is 0 Å². The zero-order valence-electron chi connectivity index (χ0n) is 8.40. The molecule has 0 aliphatic rings. The number of ether oxygens (including phenoxy) is 1. The summed E-state index contributed by atoms with van der Waals surface area (Å²) in [5.74, 6) is -1.26. The molecule has 0 fully saturated rings. The molecule has 0 aliphatic heterocycles. The van der Waals surface area contributed by atoms with Crippen molar-refractivity contribution in [3.63, 3.8) is 0 Å². The summed E-state index contributed by atoms with van der Waals surface area (Å²) in [6.45, 7) is 0. The van der Waals surface area contributed by atoms with Crippen molar-refractivity contribution >= 4 is 11.9 Å². The predicted molar refractivity (Wildman–Crippen MR) is 53.7 cm³/mol. The van der Waals surface area contributed by atoms with Gasteiger partial charge >= 0.3 is 11.9 Å². The molecule has 0 heterocycles. The van der Waals surface area contributed by atoms with Crippen LogP contribution in [0.2, 0.25) is 0 Å². The average Bonchev–Trinajstić information content (AvgIpc) is 2.25. The number of benzene rings is 1. The van der Waals surface area contributed by atoms with E-state index in [1.165, 1.54) is 7.11 Å². The van der Waals surface area contributed by atoms with Gasteiger partial charge in [0.1, 0.15) is 0 Å². The Morgan fingerprint density at radius 2 is 2.13 bits per heavy atom. The second-order valence-corrected chi connectivity index (χ2v) is 3.09. The van der Waals surface area contributed by atoms with Crippen LogP contribution in [0, 0.1) is 0 Å². The van der Waals surface area contributed by atoms with Gasteiger partial charge in [-0.3, -0.25) is 4.79 Å². The SMILES string of the molecule is COC(=O)c1cccc(CCC(=O)O)c1. The van der Waals surface area contributed by atoms with Crippen molar-refractivity contribution in [1.29, 1.82) is 0 Å². The number of hydrogen-bond donors (Lipinski definition) is 1. The lowest BCUT2D eigenvalue weighted by Crippen LogP contribution is -2.03. The van der Waals surface area contributed by atoms with Gasteiger partial charge in [-0.2, -0.15) is 0 Å². The van der Waals surface area contributed by atoms with Crippen LogP contribution in [0.15, 0.2) is 24.3 Å². The van der Waals surface area contributed by atoms with Crippen LogP contribution in [0.1, 0.15) is 22.3 Å². The number of hydrogen-bond acceptors (Lipinski definition) is 3. The molecule has 80 valence electrons. The van der Waals surface area contributed by atoms with Gasteiger partial charge in [-0.25, -0.2) is 4.79 Å². The standard InChI is InChI=1S/C11H12O4/c1-15-11(14)9-4-2-3-8(7-9)5-6-10(12)13/h2-4,7H,5-6H2,1H3,(H,12,13). The van der Waals surface area contributed by atoms with Gasteiger partial charge in [0.15, 0.2) is 0 Å². The summed E-state index contributed by atoms with van der Waals surface area (Å²) in [5, 5.41) is 8.51. The highest BCUT2D eigenvalue weighted by Gasteiger charge is 2.06. The maximum Gasteiger partial charge on any atom is 0.337 e. The first kappa shape index (κ1) is 11.2. The lowest BCUT2D eigenvalue weighted by Gasteiger charge is -2.02. The van der Waals surface area contributed by atoms with Gasteiger partial charge in [-0.05, 0) is 24.1 Å². The molecule has 1 aromatic carbocycles. The van der Waals surface area contributed by atoms with E-state index >= 15 is 0 Å². The quantitative estimate of drug-likeness (QED) is 0.761. The molecule has 4 nitrogen and oxygen atoms in total. The van der Waals surface area contributed by atoms with Crippen LogP contribution in [-0.4, -0.2) is 24.2 Å². The largest absolute Gasteiger partial charge is 0.481 e. The summed E-state index contributed by atoms with van der Waals surface area (Å²) in [7, 11) is 1.31. The Morgan fingerprint density at radius 3 is 2.73 bits per heavy atom. The van der Waals surface area contributed by atoms with E-state index in [9.17, 15) is 9.59 Å². The lowest BCUT2D eigenvalue weighted by atomic mass is 10.1. The molecule has 0 aliphatic carbocycles. The number of carboxylic acids is 1. The summed E-state index contributed by atoms with van der Waals surface area (Å²) in [6, 6.07) is 6.78. The van der Waals surface area contributed by atoms with E-state index in [0.717, 1.165) is 5.56 Å². The number of methoxy groups -OCH3 is 1. The number of rotatable bonds is 4. The van der Waals surface area contributed by atoms with Gasteiger partial charge in [-0.1, -0.05) is 12.1 Å². The minimum Gasteiger partial charge on any atom is -0.481 e. The third-order valence-corrected chi connectivity index (χ3v) is 1.98. The molecule has 1 N–H and O–H groups in total. The molecule has 4 heteroatoms. The highest BCUT2D eigenvalue weighted by atomic mass is 16.5. The molecule has 0 atom stereocenters. The Hall–Kier alpha value is -1.84. The molecular weight excluding hydrogens is 196 g/mol. The summed E-state index contributed by atoms with van der Waals surface area (Å²) in [6.07, 6.45) is 0.477. The molecule has 0 radical (unpaired) electrons. The first-order valence-corrected chi connectivity index (χ1v) is 4.52. The molecule has 15 heavy (non-hydrogen) atoms. The van der Waals surface area contributed by atoms with E-state index in [0.29, 0.717) is 12.0 Å². The Labute approximate surface area is 87.5 Å². The van der Waals surface area contributed by atoms with Gasteiger partial charge in [0, 0.05) is 6.42 Å². The van der Waals surface area contributed by atoms with Gasteiger partial charge < -0.3 is 9.84 Å². The second-order valence-electron chi connectivity index (χ2n) is 3.09. The summed E-state index contributed by atoms with van der Waals surface area (Å²) in [4.78, 5) is 21.5. The van der Waals surface area contributed by atoms with Crippen molar-refractivity contribution < 1.29 is 19.4 Å². The summed E-state index contributed by atoms with van der Waals surface area (Å²) in [5.41, 5.74) is 1.26. The number of aryl methyl sites for hydroxylation is 1. The highest BCUT2D eigenvalue weighted by Crippen LogP contribution is 2.08. The Bertz CT molecular complexity index is 371. The minimum absolute atomic E-state index is 0.0601. The molecule has 0 saturated heterocycles. The van der Waals surface area contributed by atoms with Gasteiger partial charge in [0.05, 0.1) is 12.7 Å². The van der Waals surface area contributed by atoms with Gasteiger partial charge in [0.25, 0.3) is 0 Å². The number of carbonyl (C=O) groups excluding carboxylic acids is 1. The molecular formula is C11H12O4. The average molecular weight is 208 g/mol. The molecule has 0 bridgehead atoms. The van der Waals surface area contributed by atoms with E-state index in [1.807, 2.05) is 0 Å². The minimum atomic E-state index is -0.849. The van der Waals surface area contributed by atoms with Crippen LogP contribution in [0.3, 0.4) is 0 Å². The van der Waals surface area contributed by atoms with Crippen molar-refractivity contribution in [1.82, 2.24) is 0 Å². The topological polar surface area (TPSA) is 63.6 Å². The first-order valence-electron chi connectivity index (χ1n) is 4.52. The molecule has 0 unspecified atom stereocenters. The fourth-order valence-corrected chi connectivity index (χ4v) is 1.22. The fraction of sp³-hybridized carbons (Fsp3) is 0.273. The summed E-state index contributed by atoms with van der Waals surface area (Å²) < 4.78 is 4.56. The number of carboxylic acid groups (broad SMARTS) is 1. The molecule has 1 rings (SSSR count). The number of aliphatic carboxylic acids is 1. The number of carbonyl (C=O) groups is 2. The van der Waals surface area contributed by atoms with Crippen molar-refractivity contribution in [2.24, 2.45) is 0 Å². The van der Waals surface area contributed by atoms with Crippen LogP contribution in [0.4, 0.5) is 0 Å². The number of esters is 1. The van der Waals surface area contributed by atoms with Crippen molar-refractivity contribution in [2.75, 3.05) is 7.11 Å². The van der Waals surface area contributed by atoms with Crippen LogP contribution in [0.5, 0.6) is 0 Å². The Kier molecular flexibility index (Phi) is 3.85. The zero-order chi connectivity index (χ0) is 11.3. The van der Waals surface area contributed by atoms with E-state index in [2.05, 4.69) is 4.74 Å². The van der Waals surface area contributed by atoms with Crippen LogP contribution in [-0.2, 0) is 16.0 Å². The zero-order valence-corrected chi connectivity index (χ0v) is 8.40. The van der Waals surface area contributed by atoms with Gasteiger partial charge in [-0.15, -0.1) is 0 Å². The normalized spacial score (nSPS) is 9.67. The molecule has 0 aromatic heterocycles. The smallest absolute Gasteiger partial charge is 0.337 e. The third kappa shape index (κ3) is 3.42. The molecule has 0 amide bonds. The van der Waals surface area contributed by atoms with E-state index in [1.54, 1.807) is 24.3 Å². The fourth-order valence-electron chi connectivity index (χ4n) is 1.22. The lowest BCUT2D eigenvalue weighted by molar-refractivity contribution is -0.136. The monoisotopic (exact) mass is 208 g/mol. The van der Waals surface area contributed by atoms with Gasteiger partial charge in [0.2, 0.25) is 0 Å².